The average Bonchev–Trinajstić information content (AvgIpc) is 2.57. The van der Waals surface area contributed by atoms with Gasteiger partial charge in [-0.25, -0.2) is 19.4 Å². The van der Waals surface area contributed by atoms with Gasteiger partial charge in [-0.3, -0.25) is 0 Å². The van der Waals surface area contributed by atoms with Crippen molar-refractivity contribution in [2.75, 3.05) is 0 Å². The lowest BCUT2D eigenvalue weighted by Crippen LogP contribution is -2.21. The Morgan fingerprint density at radius 2 is 1.00 bits per heavy atom. The van der Waals surface area contributed by atoms with E-state index in [4.69, 9.17) is 33.0 Å². The Kier molecular flexibility index (Phi) is 6.47. The summed E-state index contributed by atoms with van der Waals surface area (Å²) in [7, 11) is 0. The first-order chi connectivity index (χ1) is 12.8. The number of carbonyl (C=O) groups is 2. The Balaban J connectivity index is 2.25. The largest absolute Gasteiger partial charge is 0.386 e. The molecule has 4 nitrogen and oxygen atoms in total. The molecular weight excluding hydrogens is 399 g/mol. The van der Waals surface area contributed by atoms with Crippen molar-refractivity contribution in [1.82, 2.24) is 0 Å². The minimum absolute atomic E-state index is 0.289. The van der Waals surface area contributed by atoms with E-state index < -0.39 is 11.9 Å². The molecule has 0 radical (unpaired) electrons. The summed E-state index contributed by atoms with van der Waals surface area (Å²) in [5.74, 6) is -1.53. The van der Waals surface area contributed by atoms with Crippen molar-refractivity contribution in [3.8, 4) is 0 Å². The smallest absolute Gasteiger partial charge is 0.241 e. The third-order valence-electron chi connectivity index (χ3n) is 4.21. The molecule has 28 heavy (non-hydrogen) atoms. The fraction of sp³-hybridized carbons (Fsp3) is 0.364. The monoisotopic (exact) mass is 422 g/mol. The third-order valence-corrected chi connectivity index (χ3v) is 4.68. The van der Waals surface area contributed by atoms with Gasteiger partial charge in [0.05, 0.1) is 11.1 Å². The molecule has 0 saturated carbocycles. The summed E-state index contributed by atoms with van der Waals surface area (Å²) in [6.07, 6.45) is 0. The van der Waals surface area contributed by atoms with Crippen LogP contribution >= 0.6 is 23.2 Å². The molecule has 0 aliphatic heterocycles. The van der Waals surface area contributed by atoms with Gasteiger partial charge in [0.2, 0.25) is 0 Å². The van der Waals surface area contributed by atoms with Crippen LogP contribution in [0.1, 0.15) is 73.4 Å². The lowest BCUT2D eigenvalue weighted by atomic mass is 9.84. The van der Waals surface area contributed by atoms with Crippen LogP contribution in [0, 0.1) is 0 Å². The van der Waals surface area contributed by atoms with Crippen LogP contribution in [0.15, 0.2) is 36.4 Å². The SMILES string of the molecule is CC(C)(C)c1cc(Cl)ccc1C(=O)OOC(=O)c1ccc(Cl)cc1C(C)(C)C. The second-order valence-electron chi connectivity index (χ2n) is 8.62. The summed E-state index contributed by atoms with van der Waals surface area (Å²) in [5.41, 5.74) is 1.28. The number of halogens is 2. The quantitative estimate of drug-likeness (QED) is 0.408. The zero-order valence-corrected chi connectivity index (χ0v) is 18.4. The van der Waals surface area contributed by atoms with E-state index in [1.807, 2.05) is 41.5 Å². The molecule has 0 unspecified atom stereocenters. The molecule has 2 aromatic carbocycles. The standard InChI is InChI=1S/C22H24Cl2O4/c1-21(2,3)17-11-13(23)7-9-15(17)19(25)27-28-20(26)16-10-8-14(24)12-18(16)22(4,5)6/h7-12H,1-6H3. The molecule has 0 fully saturated rings. The molecule has 0 amide bonds. The van der Waals surface area contributed by atoms with E-state index in [0.29, 0.717) is 21.2 Å². The summed E-state index contributed by atoms with van der Waals surface area (Å²) in [6.45, 7) is 11.7. The lowest BCUT2D eigenvalue weighted by Gasteiger charge is -2.23. The molecule has 6 heteroatoms. The molecule has 2 rings (SSSR count). The van der Waals surface area contributed by atoms with E-state index in [1.54, 1.807) is 36.4 Å². The molecule has 2 aromatic rings. The molecule has 0 heterocycles. The van der Waals surface area contributed by atoms with Gasteiger partial charge in [0, 0.05) is 10.0 Å². The fourth-order valence-electron chi connectivity index (χ4n) is 2.80. The zero-order valence-electron chi connectivity index (χ0n) is 16.9. The van der Waals surface area contributed by atoms with Gasteiger partial charge < -0.3 is 0 Å². The minimum Gasteiger partial charge on any atom is -0.241 e. The highest BCUT2D eigenvalue weighted by Gasteiger charge is 2.27. The molecule has 0 spiro atoms. The van der Waals surface area contributed by atoms with Gasteiger partial charge in [-0.15, -0.1) is 0 Å². The highest BCUT2D eigenvalue weighted by Crippen LogP contribution is 2.31. The van der Waals surface area contributed by atoms with E-state index in [-0.39, 0.29) is 22.0 Å². The average molecular weight is 423 g/mol. The number of hydrogen-bond acceptors (Lipinski definition) is 4. The maximum atomic E-state index is 12.5. The predicted octanol–water partition coefficient (Wildman–Crippen LogP) is 6.52. The van der Waals surface area contributed by atoms with Gasteiger partial charge in [-0.2, -0.15) is 0 Å². The molecule has 150 valence electrons. The first-order valence-electron chi connectivity index (χ1n) is 8.84. The van der Waals surface area contributed by atoms with Crippen LogP contribution in [0.2, 0.25) is 10.0 Å². The second kappa shape index (κ2) is 8.14. The van der Waals surface area contributed by atoms with Gasteiger partial charge in [-0.05, 0) is 58.4 Å². The summed E-state index contributed by atoms with van der Waals surface area (Å²) in [5, 5.41) is 1.02. The normalized spacial score (nSPS) is 11.9. The molecular formula is C22H24Cl2O4. The van der Waals surface area contributed by atoms with Crippen molar-refractivity contribution in [3.63, 3.8) is 0 Å². The molecule has 0 bridgehead atoms. The zero-order chi connectivity index (χ0) is 21.3. The van der Waals surface area contributed by atoms with Gasteiger partial charge in [0.1, 0.15) is 0 Å². The van der Waals surface area contributed by atoms with E-state index >= 15 is 0 Å². The minimum atomic E-state index is -0.763. The summed E-state index contributed by atoms with van der Waals surface area (Å²) < 4.78 is 0. The van der Waals surface area contributed by atoms with Gasteiger partial charge in [0.15, 0.2) is 0 Å². The van der Waals surface area contributed by atoms with Gasteiger partial charge in [0.25, 0.3) is 0 Å². The van der Waals surface area contributed by atoms with E-state index in [2.05, 4.69) is 0 Å². The van der Waals surface area contributed by atoms with E-state index in [9.17, 15) is 9.59 Å². The Bertz CT molecular complexity index is 830. The number of benzene rings is 2. The van der Waals surface area contributed by atoms with Crippen LogP contribution in [-0.2, 0) is 20.6 Å². The fourth-order valence-corrected chi connectivity index (χ4v) is 3.14. The molecule has 0 aliphatic carbocycles. The lowest BCUT2D eigenvalue weighted by molar-refractivity contribution is -0.187. The number of hydrogen-bond donors (Lipinski definition) is 0. The molecule has 0 aromatic heterocycles. The maximum Gasteiger partial charge on any atom is 0.386 e. The van der Waals surface area contributed by atoms with E-state index in [1.165, 1.54) is 0 Å². The highest BCUT2D eigenvalue weighted by molar-refractivity contribution is 6.31. The number of carbonyl (C=O) groups excluding carboxylic acids is 2. The first-order valence-corrected chi connectivity index (χ1v) is 9.59. The predicted molar refractivity (Wildman–Crippen MR) is 111 cm³/mol. The van der Waals surface area contributed by atoms with Crippen molar-refractivity contribution in [2.24, 2.45) is 0 Å². The first kappa shape index (κ1) is 22.3. The Hall–Kier alpha value is -2.04. The van der Waals surface area contributed by atoms with Crippen LogP contribution in [0.4, 0.5) is 0 Å². The molecule has 0 saturated heterocycles. The Morgan fingerprint density at radius 3 is 1.29 bits per heavy atom. The van der Waals surface area contributed by atoms with Crippen molar-refractivity contribution in [3.05, 3.63) is 68.7 Å². The summed E-state index contributed by atoms with van der Waals surface area (Å²) >= 11 is 12.1. The maximum absolute atomic E-state index is 12.5. The van der Waals surface area contributed by atoms with Crippen LogP contribution in [0.25, 0.3) is 0 Å². The second-order valence-corrected chi connectivity index (χ2v) is 9.49. The van der Waals surface area contributed by atoms with Crippen LogP contribution in [0.5, 0.6) is 0 Å². The molecule has 0 N–H and O–H groups in total. The van der Waals surface area contributed by atoms with Crippen molar-refractivity contribution in [1.29, 1.82) is 0 Å². The van der Waals surface area contributed by atoms with Crippen molar-refractivity contribution in [2.45, 2.75) is 52.4 Å². The summed E-state index contributed by atoms with van der Waals surface area (Å²) in [6, 6.07) is 9.70. The van der Waals surface area contributed by atoms with E-state index in [0.717, 1.165) is 0 Å². The van der Waals surface area contributed by atoms with Crippen molar-refractivity contribution < 1.29 is 19.4 Å². The van der Waals surface area contributed by atoms with Crippen LogP contribution in [-0.4, -0.2) is 11.9 Å². The third kappa shape index (κ3) is 5.27. The van der Waals surface area contributed by atoms with Gasteiger partial charge >= 0.3 is 11.9 Å². The molecule has 0 atom stereocenters. The summed E-state index contributed by atoms with van der Waals surface area (Å²) in [4.78, 5) is 34.8. The highest BCUT2D eigenvalue weighted by atomic mass is 35.5. The Morgan fingerprint density at radius 1 is 0.679 bits per heavy atom. The van der Waals surface area contributed by atoms with Crippen molar-refractivity contribution >= 4 is 35.1 Å². The number of rotatable bonds is 2. The Labute approximate surface area is 175 Å². The topological polar surface area (TPSA) is 52.6 Å². The van der Waals surface area contributed by atoms with Crippen LogP contribution < -0.4 is 0 Å². The van der Waals surface area contributed by atoms with Gasteiger partial charge in [-0.1, -0.05) is 64.7 Å². The van der Waals surface area contributed by atoms with Crippen LogP contribution in [0.3, 0.4) is 0 Å². The molecule has 0 aliphatic rings.